The number of halogens is 1. The maximum Gasteiger partial charge on any atom is 0.270 e. The van der Waals surface area contributed by atoms with E-state index in [1.165, 1.54) is 24.4 Å². The Kier molecular flexibility index (Phi) is 3.97. The zero-order chi connectivity index (χ0) is 16.6. The van der Waals surface area contributed by atoms with Crippen LogP contribution >= 0.6 is 23.8 Å². The van der Waals surface area contributed by atoms with Gasteiger partial charge in [-0.3, -0.25) is 10.1 Å². The predicted octanol–water partition coefficient (Wildman–Crippen LogP) is 4.15. The van der Waals surface area contributed by atoms with Crippen LogP contribution in [0.3, 0.4) is 0 Å². The van der Waals surface area contributed by atoms with Gasteiger partial charge in [-0.2, -0.15) is 5.10 Å². The molecule has 0 spiro atoms. The monoisotopic (exact) mass is 346 g/mol. The summed E-state index contributed by atoms with van der Waals surface area (Å²) in [5, 5.41) is 15.6. The molecule has 0 aliphatic heterocycles. The lowest BCUT2D eigenvalue weighted by Gasteiger charge is -1.99. The fourth-order valence-electron chi connectivity index (χ4n) is 2.25. The molecule has 3 rings (SSSR count). The molecule has 2 aromatic carbocycles. The first kappa shape index (κ1) is 15.4. The van der Waals surface area contributed by atoms with Crippen molar-refractivity contribution in [3.63, 3.8) is 0 Å². The minimum absolute atomic E-state index is 0.0441. The molecule has 0 saturated carbocycles. The number of hydrogen-bond donors (Lipinski definition) is 0. The number of nitro benzene ring substituents is 1. The van der Waals surface area contributed by atoms with Gasteiger partial charge in [-0.1, -0.05) is 23.7 Å². The number of fused-ring (bicyclic) bond motifs is 1. The second kappa shape index (κ2) is 5.94. The fraction of sp³-hybridized carbons (Fsp3) is 0.0667. The fourth-order valence-corrected chi connectivity index (χ4v) is 2.66. The minimum Gasteiger partial charge on any atom is -0.318 e. The summed E-state index contributed by atoms with van der Waals surface area (Å²) in [5.74, 6) is 0. The van der Waals surface area contributed by atoms with E-state index < -0.39 is 4.92 Å². The van der Waals surface area contributed by atoms with Crippen LogP contribution in [0.2, 0.25) is 5.02 Å². The van der Waals surface area contributed by atoms with E-state index >= 15 is 0 Å². The van der Waals surface area contributed by atoms with E-state index in [0.29, 0.717) is 15.4 Å². The topological polar surface area (TPSA) is 65.4 Å². The number of non-ortho nitro benzene ring substituents is 1. The number of nitrogens with zero attached hydrogens (tertiary/aromatic N) is 4. The van der Waals surface area contributed by atoms with Crippen molar-refractivity contribution in [3.05, 3.63) is 67.9 Å². The molecule has 3 aromatic rings. The first-order valence-electron chi connectivity index (χ1n) is 6.64. The summed E-state index contributed by atoms with van der Waals surface area (Å²) in [5.41, 5.74) is 2.20. The number of aromatic nitrogens is 2. The summed E-state index contributed by atoms with van der Waals surface area (Å²) >= 11 is 11.5. The Bertz CT molecular complexity index is 1010. The SMILES string of the molecule is Cn1c(=S)n(/N=C/c2cc([N+](=O)[O-])ccc2Cl)c2ccccc21. The van der Waals surface area contributed by atoms with Crippen LogP contribution in [0.15, 0.2) is 47.6 Å². The molecule has 0 atom stereocenters. The Hall–Kier alpha value is -2.51. The Morgan fingerprint density at radius 2 is 1.96 bits per heavy atom. The summed E-state index contributed by atoms with van der Waals surface area (Å²) in [4.78, 5) is 10.4. The van der Waals surface area contributed by atoms with Gasteiger partial charge in [0.15, 0.2) is 0 Å². The van der Waals surface area contributed by atoms with E-state index in [0.717, 1.165) is 11.0 Å². The molecule has 1 aromatic heterocycles. The Morgan fingerprint density at radius 3 is 2.65 bits per heavy atom. The lowest BCUT2D eigenvalue weighted by atomic mass is 10.2. The molecule has 0 unspecified atom stereocenters. The highest BCUT2D eigenvalue weighted by Crippen LogP contribution is 2.21. The number of nitro groups is 1. The van der Waals surface area contributed by atoms with E-state index in [4.69, 9.17) is 23.8 Å². The molecular weight excluding hydrogens is 336 g/mol. The normalized spacial score (nSPS) is 11.4. The van der Waals surface area contributed by atoms with Gasteiger partial charge < -0.3 is 4.57 Å². The van der Waals surface area contributed by atoms with Gasteiger partial charge in [0.05, 0.1) is 22.2 Å². The third-order valence-electron chi connectivity index (χ3n) is 3.44. The van der Waals surface area contributed by atoms with Crippen molar-refractivity contribution in [2.24, 2.45) is 12.1 Å². The quantitative estimate of drug-likeness (QED) is 0.309. The lowest BCUT2D eigenvalue weighted by Crippen LogP contribution is -1.95. The number of imidazole rings is 1. The highest BCUT2D eigenvalue weighted by Gasteiger charge is 2.09. The molecule has 0 radical (unpaired) electrons. The largest absolute Gasteiger partial charge is 0.318 e. The van der Waals surface area contributed by atoms with Crippen molar-refractivity contribution in [1.29, 1.82) is 0 Å². The summed E-state index contributed by atoms with van der Waals surface area (Å²) in [6.07, 6.45) is 1.47. The van der Waals surface area contributed by atoms with E-state index in [2.05, 4.69) is 5.10 Å². The molecule has 0 bridgehead atoms. The highest BCUT2D eigenvalue weighted by molar-refractivity contribution is 7.71. The average Bonchev–Trinajstić information content (AvgIpc) is 2.78. The molecule has 0 aliphatic carbocycles. The number of aryl methyl sites for hydroxylation is 1. The summed E-state index contributed by atoms with van der Waals surface area (Å²) < 4.78 is 3.96. The minimum atomic E-state index is -0.475. The van der Waals surface area contributed by atoms with Gasteiger partial charge in [-0.15, -0.1) is 0 Å². The smallest absolute Gasteiger partial charge is 0.270 e. The van der Waals surface area contributed by atoms with Gasteiger partial charge in [0.25, 0.3) is 5.69 Å². The second-order valence-electron chi connectivity index (χ2n) is 4.85. The van der Waals surface area contributed by atoms with Gasteiger partial charge in [-0.05, 0) is 30.4 Å². The van der Waals surface area contributed by atoms with Gasteiger partial charge >= 0.3 is 0 Å². The third-order valence-corrected chi connectivity index (χ3v) is 4.23. The standard InChI is InChI=1S/C15H11ClN4O2S/c1-18-13-4-2-3-5-14(13)19(15(18)23)17-9-10-8-11(20(21)22)6-7-12(10)16/h2-9H,1H3/b17-9+. The molecule has 6 nitrogen and oxygen atoms in total. The molecule has 8 heteroatoms. The second-order valence-corrected chi connectivity index (χ2v) is 5.62. The maximum absolute atomic E-state index is 10.9. The first-order chi connectivity index (χ1) is 11.0. The van der Waals surface area contributed by atoms with Crippen molar-refractivity contribution in [1.82, 2.24) is 9.24 Å². The Balaban J connectivity index is 2.11. The molecule has 0 aliphatic rings. The van der Waals surface area contributed by atoms with E-state index in [1.807, 2.05) is 35.9 Å². The molecule has 1 heterocycles. The van der Waals surface area contributed by atoms with Crippen LogP contribution in [0.4, 0.5) is 5.69 Å². The van der Waals surface area contributed by atoms with Crippen LogP contribution in [0.25, 0.3) is 11.0 Å². The molecule has 116 valence electrons. The lowest BCUT2D eigenvalue weighted by molar-refractivity contribution is -0.384. The van der Waals surface area contributed by atoms with Crippen LogP contribution in [0.5, 0.6) is 0 Å². The van der Waals surface area contributed by atoms with Gasteiger partial charge in [0, 0.05) is 29.8 Å². The molecule has 0 fully saturated rings. The van der Waals surface area contributed by atoms with E-state index in [1.54, 1.807) is 4.68 Å². The molecule has 0 saturated heterocycles. The van der Waals surface area contributed by atoms with Gasteiger partial charge in [0.1, 0.15) is 0 Å². The van der Waals surface area contributed by atoms with Crippen molar-refractivity contribution in [3.8, 4) is 0 Å². The van der Waals surface area contributed by atoms with Crippen LogP contribution in [0.1, 0.15) is 5.56 Å². The van der Waals surface area contributed by atoms with E-state index in [-0.39, 0.29) is 5.69 Å². The number of para-hydroxylation sites is 2. The third kappa shape index (κ3) is 2.76. The number of rotatable bonds is 3. The van der Waals surface area contributed by atoms with Gasteiger partial charge in [-0.25, -0.2) is 4.68 Å². The number of hydrogen-bond acceptors (Lipinski definition) is 4. The first-order valence-corrected chi connectivity index (χ1v) is 7.42. The van der Waals surface area contributed by atoms with Crippen molar-refractivity contribution >= 4 is 46.8 Å². The van der Waals surface area contributed by atoms with Crippen LogP contribution in [-0.2, 0) is 7.05 Å². The number of benzene rings is 2. The van der Waals surface area contributed by atoms with Crippen molar-refractivity contribution in [2.75, 3.05) is 0 Å². The van der Waals surface area contributed by atoms with Crippen LogP contribution in [-0.4, -0.2) is 20.4 Å². The summed E-state index contributed by atoms with van der Waals surface area (Å²) in [6, 6.07) is 11.9. The zero-order valence-electron chi connectivity index (χ0n) is 12.0. The molecular formula is C15H11ClN4O2S. The van der Waals surface area contributed by atoms with Crippen molar-refractivity contribution in [2.45, 2.75) is 0 Å². The molecule has 0 N–H and O–H groups in total. The zero-order valence-corrected chi connectivity index (χ0v) is 13.6. The highest BCUT2D eigenvalue weighted by atomic mass is 35.5. The Labute approximate surface area is 141 Å². The van der Waals surface area contributed by atoms with Crippen LogP contribution in [0, 0.1) is 14.9 Å². The van der Waals surface area contributed by atoms with Crippen molar-refractivity contribution < 1.29 is 4.92 Å². The molecule has 0 amide bonds. The maximum atomic E-state index is 10.9. The van der Waals surface area contributed by atoms with E-state index in [9.17, 15) is 10.1 Å². The van der Waals surface area contributed by atoms with Gasteiger partial charge in [0.2, 0.25) is 4.77 Å². The average molecular weight is 347 g/mol. The predicted molar refractivity (Wildman–Crippen MR) is 92.8 cm³/mol. The summed E-state index contributed by atoms with van der Waals surface area (Å²) in [7, 11) is 1.86. The Morgan fingerprint density at radius 1 is 1.26 bits per heavy atom. The van der Waals surface area contributed by atoms with Crippen LogP contribution < -0.4 is 0 Å². The summed E-state index contributed by atoms with van der Waals surface area (Å²) in [6.45, 7) is 0. The molecule has 23 heavy (non-hydrogen) atoms.